The van der Waals surface area contributed by atoms with Crippen LogP contribution in [0.25, 0.3) is 0 Å². The van der Waals surface area contributed by atoms with E-state index >= 15 is 0 Å². The minimum Gasteiger partial charge on any atom is -0.393 e. The van der Waals surface area contributed by atoms with E-state index in [0.29, 0.717) is 12.1 Å². The highest BCUT2D eigenvalue weighted by Crippen LogP contribution is 2.19. The number of hydrogen-bond acceptors (Lipinski definition) is 2. The summed E-state index contributed by atoms with van der Waals surface area (Å²) in [6.45, 7) is 2.21. The van der Waals surface area contributed by atoms with E-state index in [2.05, 4.69) is 18.3 Å². The molecule has 1 fully saturated rings. The van der Waals surface area contributed by atoms with Gasteiger partial charge in [0.2, 0.25) is 0 Å². The largest absolute Gasteiger partial charge is 0.393 e. The quantitative estimate of drug-likeness (QED) is 0.878. The molecule has 2 rings (SSSR count). The Morgan fingerprint density at radius 3 is 2.72 bits per heavy atom. The summed E-state index contributed by atoms with van der Waals surface area (Å²) >= 11 is 5.99. The van der Waals surface area contributed by atoms with Crippen molar-refractivity contribution in [3.05, 3.63) is 34.9 Å². The zero-order valence-electron chi connectivity index (χ0n) is 10.9. The van der Waals surface area contributed by atoms with Crippen molar-refractivity contribution in [1.29, 1.82) is 0 Å². The van der Waals surface area contributed by atoms with Gasteiger partial charge in [-0.2, -0.15) is 0 Å². The minimum absolute atomic E-state index is 0.0775. The Kier molecular flexibility index (Phi) is 5.04. The van der Waals surface area contributed by atoms with Crippen LogP contribution in [-0.2, 0) is 6.42 Å². The van der Waals surface area contributed by atoms with Crippen LogP contribution in [0.3, 0.4) is 0 Å². The summed E-state index contributed by atoms with van der Waals surface area (Å²) < 4.78 is 0. The monoisotopic (exact) mass is 267 g/mol. The zero-order chi connectivity index (χ0) is 13.0. The van der Waals surface area contributed by atoms with Crippen molar-refractivity contribution in [1.82, 2.24) is 5.32 Å². The van der Waals surface area contributed by atoms with Crippen molar-refractivity contribution in [2.45, 2.75) is 57.2 Å². The molecular formula is C15H22ClNO. The van der Waals surface area contributed by atoms with Crippen LogP contribution in [0.5, 0.6) is 0 Å². The van der Waals surface area contributed by atoms with Gasteiger partial charge in [-0.15, -0.1) is 0 Å². The van der Waals surface area contributed by atoms with E-state index in [9.17, 15) is 5.11 Å². The van der Waals surface area contributed by atoms with E-state index in [-0.39, 0.29) is 6.10 Å². The third kappa shape index (κ3) is 4.27. The number of hydrogen-bond donors (Lipinski definition) is 2. The van der Waals surface area contributed by atoms with Crippen LogP contribution < -0.4 is 5.32 Å². The molecule has 1 aromatic rings. The van der Waals surface area contributed by atoms with E-state index in [1.54, 1.807) is 0 Å². The molecule has 100 valence electrons. The molecule has 0 bridgehead atoms. The van der Waals surface area contributed by atoms with Gasteiger partial charge >= 0.3 is 0 Å². The Labute approximate surface area is 114 Å². The van der Waals surface area contributed by atoms with Gasteiger partial charge in [-0.05, 0) is 56.7 Å². The summed E-state index contributed by atoms with van der Waals surface area (Å²) in [7, 11) is 0. The standard InChI is InChI=1S/C15H22ClNO/c1-11(9-12-3-2-4-13(16)10-12)17-14-5-7-15(18)8-6-14/h2-4,10-11,14-15,17-18H,5-9H2,1H3. The average molecular weight is 268 g/mol. The molecule has 0 amide bonds. The summed E-state index contributed by atoms with van der Waals surface area (Å²) in [5, 5.41) is 13.9. The molecule has 1 aliphatic rings. The molecule has 1 unspecified atom stereocenters. The van der Waals surface area contributed by atoms with Crippen LogP contribution in [0.1, 0.15) is 38.2 Å². The lowest BCUT2D eigenvalue weighted by Gasteiger charge is -2.29. The lowest BCUT2D eigenvalue weighted by Crippen LogP contribution is -2.40. The lowest BCUT2D eigenvalue weighted by atomic mass is 9.92. The Balaban J connectivity index is 1.80. The summed E-state index contributed by atoms with van der Waals surface area (Å²) in [6, 6.07) is 9.07. The molecule has 0 aromatic heterocycles. The molecule has 0 spiro atoms. The van der Waals surface area contributed by atoms with Crippen LogP contribution in [0, 0.1) is 0 Å². The van der Waals surface area contributed by atoms with Crippen molar-refractivity contribution in [2.75, 3.05) is 0 Å². The molecular weight excluding hydrogens is 246 g/mol. The first-order valence-electron chi connectivity index (χ1n) is 6.82. The molecule has 0 heterocycles. The fraction of sp³-hybridized carbons (Fsp3) is 0.600. The van der Waals surface area contributed by atoms with Crippen molar-refractivity contribution >= 4 is 11.6 Å². The van der Waals surface area contributed by atoms with Crippen molar-refractivity contribution < 1.29 is 5.11 Å². The SMILES string of the molecule is CC(Cc1cccc(Cl)c1)NC1CCC(O)CC1. The summed E-state index contributed by atoms with van der Waals surface area (Å²) in [5.74, 6) is 0. The van der Waals surface area contributed by atoms with E-state index in [4.69, 9.17) is 11.6 Å². The third-order valence-corrected chi connectivity index (χ3v) is 3.88. The number of benzene rings is 1. The normalized spacial score (nSPS) is 25.9. The molecule has 18 heavy (non-hydrogen) atoms. The number of aliphatic hydroxyl groups excluding tert-OH is 1. The molecule has 0 aliphatic heterocycles. The Hall–Kier alpha value is -0.570. The highest BCUT2D eigenvalue weighted by atomic mass is 35.5. The molecule has 2 N–H and O–H groups in total. The maximum absolute atomic E-state index is 9.48. The van der Waals surface area contributed by atoms with Gasteiger partial charge in [0.25, 0.3) is 0 Å². The predicted octanol–water partition coefficient (Wildman–Crippen LogP) is 3.16. The van der Waals surface area contributed by atoms with Gasteiger partial charge in [-0.1, -0.05) is 23.7 Å². The molecule has 1 aromatic carbocycles. The third-order valence-electron chi connectivity index (χ3n) is 3.65. The molecule has 0 radical (unpaired) electrons. The Morgan fingerprint density at radius 2 is 2.06 bits per heavy atom. The molecule has 1 atom stereocenters. The summed E-state index contributed by atoms with van der Waals surface area (Å²) in [4.78, 5) is 0. The van der Waals surface area contributed by atoms with E-state index < -0.39 is 0 Å². The average Bonchev–Trinajstić information content (AvgIpc) is 2.32. The minimum atomic E-state index is -0.0775. The highest BCUT2D eigenvalue weighted by Gasteiger charge is 2.20. The van der Waals surface area contributed by atoms with Crippen molar-refractivity contribution in [2.24, 2.45) is 0 Å². The van der Waals surface area contributed by atoms with Gasteiger partial charge in [-0.3, -0.25) is 0 Å². The van der Waals surface area contributed by atoms with Gasteiger partial charge in [0.15, 0.2) is 0 Å². The van der Waals surface area contributed by atoms with Crippen LogP contribution in [0.4, 0.5) is 0 Å². The topological polar surface area (TPSA) is 32.3 Å². The second-order valence-corrected chi connectivity index (χ2v) is 5.84. The van der Waals surface area contributed by atoms with Crippen LogP contribution >= 0.6 is 11.6 Å². The number of nitrogens with one attached hydrogen (secondary N) is 1. The van der Waals surface area contributed by atoms with Crippen molar-refractivity contribution in [3.63, 3.8) is 0 Å². The molecule has 3 heteroatoms. The first kappa shape index (κ1) is 13.9. The fourth-order valence-corrected chi connectivity index (χ4v) is 2.93. The van der Waals surface area contributed by atoms with Crippen LogP contribution in [0.2, 0.25) is 5.02 Å². The van der Waals surface area contributed by atoms with Gasteiger partial charge in [0, 0.05) is 17.1 Å². The fourth-order valence-electron chi connectivity index (χ4n) is 2.72. The van der Waals surface area contributed by atoms with Gasteiger partial charge in [0.05, 0.1) is 6.10 Å². The van der Waals surface area contributed by atoms with E-state index in [1.165, 1.54) is 5.56 Å². The van der Waals surface area contributed by atoms with Crippen LogP contribution in [0.15, 0.2) is 24.3 Å². The van der Waals surface area contributed by atoms with Gasteiger partial charge < -0.3 is 10.4 Å². The zero-order valence-corrected chi connectivity index (χ0v) is 11.7. The summed E-state index contributed by atoms with van der Waals surface area (Å²) in [5.41, 5.74) is 1.28. The second kappa shape index (κ2) is 6.55. The Bertz CT molecular complexity index is 375. The molecule has 1 aliphatic carbocycles. The second-order valence-electron chi connectivity index (χ2n) is 5.41. The van der Waals surface area contributed by atoms with Gasteiger partial charge in [0.1, 0.15) is 0 Å². The number of halogens is 1. The first-order valence-corrected chi connectivity index (χ1v) is 7.20. The Morgan fingerprint density at radius 1 is 1.33 bits per heavy atom. The smallest absolute Gasteiger partial charge is 0.0541 e. The first-order chi connectivity index (χ1) is 8.63. The lowest BCUT2D eigenvalue weighted by molar-refractivity contribution is 0.114. The summed E-state index contributed by atoms with van der Waals surface area (Å²) in [6.07, 6.45) is 4.96. The number of rotatable bonds is 4. The number of aliphatic hydroxyl groups is 1. The predicted molar refractivity (Wildman–Crippen MR) is 76.0 cm³/mol. The molecule has 2 nitrogen and oxygen atoms in total. The van der Waals surface area contributed by atoms with E-state index in [1.807, 2.05) is 18.2 Å². The molecule has 0 saturated heterocycles. The maximum atomic E-state index is 9.48. The molecule has 1 saturated carbocycles. The van der Waals surface area contributed by atoms with Crippen molar-refractivity contribution in [3.8, 4) is 0 Å². The maximum Gasteiger partial charge on any atom is 0.0541 e. The van der Waals surface area contributed by atoms with Gasteiger partial charge in [-0.25, -0.2) is 0 Å². The van der Waals surface area contributed by atoms with E-state index in [0.717, 1.165) is 37.1 Å². The highest BCUT2D eigenvalue weighted by molar-refractivity contribution is 6.30. The van der Waals surface area contributed by atoms with Crippen LogP contribution in [-0.4, -0.2) is 23.3 Å².